The zero-order valence-electron chi connectivity index (χ0n) is 13.9. The molecule has 0 aliphatic rings. The third kappa shape index (κ3) is 5.39. The second-order valence-electron chi connectivity index (χ2n) is 5.63. The number of aryl methyl sites for hydroxylation is 1. The van der Waals surface area contributed by atoms with Crippen LogP contribution in [0.1, 0.15) is 22.6 Å². The predicted molar refractivity (Wildman–Crippen MR) is 99.1 cm³/mol. The van der Waals surface area contributed by atoms with Gasteiger partial charge in [0.25, 0.3) is 0 Å². The van der Waals surface area contributed by atoms with Gasteiger partial charge in [-0.2, -0.15) is 0 Å². The van der Waals surface area contributed by atoms with E-state index < -0.39 is 0 Å². The fourth-order valence-corrected chi connectivity index (χ4v) is 3.08. The molecule has 1 amide bonds. The Morgan fingerprint density at radius 1 is 1.12 bits per heavy atom. The van der Waals surface area contributed by atoms with Crippen LogP contribution in [-0.2, 0) is 11.2 Å². The molecular weight excluding hydrogens is 334 g/mol. The smallest absolute Gasteiger partial charge is 0.229 e. The Morgan fingerprint density at radius 3 is 2.76 bits per heavy atom. The van der Waals surface area contributed by atoms with E-state index in [1.165, 1.54) is 16.9 Å². The molecule has 0 aliphatic heterocycles. The van der Waals surface area contributed by atoms with Crippen LogP contribution in [0.3, 0.4) is 0 Å². The van der Waals surface area contributed by atoms with E-state index >= 15 is 0 Å². The topological polar surface area (TPSA) is 64.1 Å². The van der Waals surface area contributed by atoms with Crippen LogP contribution in [0.4, 0.5) is 5.13 Å². The molecule has 0 saturated heterocycles. The van der Waals surface area contributed by atoms with Crippen molar-refractivity contribution in [2.75, 3.05) is 11.9 Å². The largest absolute Gasteiger partial charge is 0.493 e. The van der Waals surface area contributed by atoms with E-state index in [1.54, 1.807) is 0 Å². The minimum Gasteiger partial charge on any atom is -0.493 e. The summed E-state index contributed by atoms with van der Waals surface area (Å²) in [6, 6.07) is 17.8. The van der Waals surface area contributed by atoms with Gasteiger partial charge in [-0.3, -0.25) is 4.79 Å². The molecule has 0 aliphatic carbocycles. The number of aromatic nitrogens is 2. The van der Waals surface area contributed by atoms with E-state index in [1.807, 2.05) is 61.5 Å². The standard InChI is InChI=1S/C19H19N3O2S/c1-14-6-5-9-16(12-14)24-11-10-17(23)20-19-22-21-18(25-19)13-15-7-3-2-4-8-15/h2-9,12H,10-11,13H2,1H3,(H,20,22,23). The second-order valence-corrected chi connectivity index (χ2v) is 6.69. The lowest BCUT2D eigenvalue weighted by Crippen LogP contribution is -2.15. The average Bonchev–Trinajstić information content (AvgIpc) is 3.02. The van der Waals surface area contributed by atoms with E-state index in [9.17, 15) is 4.79 Å². The van der Waals surface area contributed by atoms with E-state index in [-0.39, 0.29) is 12.3 Å². The molecule has 2 aromatic carbocycles. The molecule has 128 valence electrons. The van der Waals surface area contributed by atoms with Crippen LogP contribution in [0.2, 0.25) is 0 Å². The van der Waals surface area contributed by atoms with Gasteiger partial charge in [-0.1, -0.05) is 53.8 Å². The van der Waals surface area contributed by atoms with Gasteiger partial charge in [-0.05, 0) is 30.2 Å². The SMILES string of the molecule is Cc1cccc(OCCC(=O)Nc2nnc(Cc3ccccc3)s2)c1. The summed E-state index contributed by atoms with van der Waals surface area (Å²) < 4.78 is 5.59. The number of carbonyl (C=O) groups is 1. The maximum atomic E-state index is 12.0. The summed E-state index contributed by atoms with van der Waals surface area (Å²) in [6.45, 7) is 2.33. The molecule has 6 heteroatoms. The van der Waals surface area contributed by atoms with Gasteiger partial charge in [0.1, 0.15) is 10.8 Å². The van der Waals surface area contributed by atoms with Gasteiger partial charge in [0.15, 0.2) is 0 Å². The monoisotopic (exact) mass is 353 g/mol. The summed E-state index contributed by atoms with van der Waals surface area (Å²) in [5, 5.41) is 12.3. The van der Waals surface area contributed by atoms with Gasteiger partial charge in [-0.15, -0.1) is 10.2 Å². The number of nitrogens with one attached hydrogen (secondary N) is 1. The molecule has 1 aromatic heterocycles. The van der Waals surface area contributed by atoms with Crippen molar-refractivity contribution in [3.05, 3.63) is 70.7 Å². The minimum absolute atomic E-state index is 0.130. The summed E-state index contributed by atoms with van der Waals surface area (Å²) in [5.41, 5.74) is 2.30. The van der Waals surface area contributed by atoms with Crippen LogP contribution in [-0.4, -0.2) is 22.7 Å². The highest BCUT2D eigenvalue weighted by molar-refractivity contribution is 7.15. The first-order valence-electron chi connectivity index (χ1n) is 8.05. The van der Waals surface area contributed by atoms with Crippen molar-refractivity contribution in [2.24, 2.45) is 0 Å². The summed E-state index contributed by atoms with van der Waals surface area (Å²) in [5.74, 6) is 0.643. The summed E-state index contributed by atoms with van der Waals surface area (Å²) in [7, 11) is 0. The van der Waals surface area contributed by atoms with Gasteiger partial charge >= 0.3 is 0 Å². The Hall–Kier alpha value is -2.73. The molecule has 0 radical (unpaired) electrons. The molecule has 0 spiro atoms. The number of nitrogens with zero attached hydrogens (tertiary/aromatic N) is 2. The quantitative estimate of drug-likeness (QED) is 0.701. The third-order valence-electron chi connectivity index (χ3n) is 3.50. The van der Waals surface area contributed by atoms with Gasteiger partial charge in [-0.25, -0.2) is 0 Å². The van der Waals surface area contributed by atoms with Gasteiger partial charge in [0.2, 0.25) is 11.0 Å². The normalized spacial score (nSPS) is 10.4. The molecule has 1 N–H and O–H groups in total. The Kier molecular flexibility index (Phi) is 5.74. The van der Waals surface area contributed by atoms with Gasteiger partial charge in [0.05, 0.1) is 13.0 Å². The fourth-order valence-electron chi connectivity index (χ4n) is 2.29. The predicted octanol–water partition coefficient (Wildman–Crippen LogP) is 3.84. The van der Waals surface area contributed by atoms with Crippen molar-refractivity contribution in [3.63, 3.8) is 0 Å². The fraction of sp³-hybridized carbons (Fsp3) is 0.211. The summed E-state index contributed by atoms with van der Waals surface area (Å²) >= 11 is 1.39. The Balaban J connectivity index is 1.45. The highest BCUT2D eigenvalue weighted by Gasteiger charge is 2.09. The first-order chi connectivity index (χ1) is 12.2. The number of ether oxygens (including phenoxy) is 1. The van der Waals surface area contributed by atoms with E-state index in [0.717, 1.165) is 16.3 Å². The molecule has 5 nitrogen and oxygen atoms in total. The average molecular weight is 353 g/mol. The molecule has 0 bridgehead atoms. The van der Waals surface area contributed by atoms with Crippen LogP contribution in [0.5, 0.6) is 5.75 Å². The molecule has 0 fully saturated rings. The first kappa shape index (κ1) is 17.1. The Labute approximate surface area is 150 Å². The van der Waals surface area contributed by atoms with E-state index in [0.29, 0.717) is 18.2 Å². The number of anilines is 1. The van der Waals surface area contributed by atoms with Crippen molar-refractivity contribution < 1.29 is 9.53 Å². The second kappa shape index (κ2) is 8.39. The molecule has 0 unspecified atom stereocenters. The van der Waals surface area contributed by atoms with Crippen molar-refractivity contribution in [2.45, 2.75) is 19.8 Å². The molecular formula is C19H19N3O2S. The highest BCUT2D eigenvalue weighted by atomic mass is 32.1. The lowest BCUT2D eigenvalue weighted by atomic mass is 10.2. The number of hydrogen-bond acceptors (Lipinski definition) is 5. The number of benzene rings is 2. The van der Waals surface area contributed by atoms with E-state index in [4.69, 9.17) is 4.74 Å². The van der Waals surface area contributed by atoms with Crippen molar-refractivity contribution in [1.82, 2.24) is 10.2 Å². The lowest BCUT2D eigenvalue weighted by molar-refractivity contribution is -0.116. The molecule has 1 heterocycles. The van der Waals surface area contributed by atoms with Crippen LogP contribution < -0.4 is 10.1 Å². The number of amides is 1. The van der Waals surface area contributed by atoms with Gasteiger partial charge < -0.3 is 10.1 Å². The summed E-state index contributed by atoms with van der Waals surface area (Å²) in [4.78, 5) is 12.0. The maximum Gasteiger partial charge on any atom is 0.229 e. The van der Waals surface area contributed by atoms with E-state index in [2.05, 4.69) is 15.5 Å². The van der Waals surface area contributed by atoms with Crippen LogP contribution in [0.15, 0.2) is 54.6 Å². The molecule has 3 rings (SSSR count). The van der Waals surface area contributed by atoms with Crippen LogP contribution >= 0.6 is 11.3 Å². The van der Waals surface area contributed by atoms with Crippen LogP contribution in [0, 0.1) is 6.92 Å². The minimum atomic E-state index is -0.130. The van der Waals surface area contributed by atoms with Crippen molar-refractivity contribution >= 4 is 22.4 Å². The van der Waals surface area contributed by atoms with Crippen LogP contribution in [0.25, 0.3) is 0 Å². The number of hydrogen-bond donors (Lipinski definition) is 1. The highest BCUT2D eigenvalue weighted by Crippen LogP contribution is 2.19. The zero-order valence-corrected chi connectivity index (χ0v) is 14.8. The molecule has 25 heavy (non-hydrogen) atoms. The molecule has 0 saturated carbocycles. The number of carbonyl (C=O) groups excluding carboxylic acids is 1. The van der Waals surface area contributed by atoms with Gasteiger partial charge in [0, 0.05) is 6.42 Å². The first-order valence-corrected chi connectivity index (χ1v) is 8.86. The zero-order chi connectivity index (χ0) is 17.5. The Bertz CT molecular complexity index is 833. The molecule has 0 atom stereocenters. The lowest BCUT2D eigenvalue weighted by Gasteiger charge is -2.06. The maximum absolute atomic E-state index is 12.0. The number of rotatable bonds is 7. The van der Waals surface area contributed by atoms with Crippen molar-refractivity contribution in [3.8, 4) is 5.75 Å². The third-order valence-corrected chi connectivity index (χ3v) is 4.34. The van der Waals surface area contributed by atoms with Crippen molar-refractivity contribution in [1.29, 1.82) is 0 Å². The summed E-state index contributed by atoms with van der Waals surface area (Å²) in [6.07, 6.45) is 0.979. The Morgan fingerprint density at radius 2 is 1.96 bits per heavy atom. The molecule has 3 aromatic rings.